The molecule has 3 rings (SSSR count). The fourth-order valence-corrected chi connectivity index (χ4v) is 2.57. The van der Waals surface area contributed by atoms with Gasteiger partial charge in [-0.15, -0.1) is 10.2 Å². The first-order valence-electron chi connectivity index (χ1n) is 7.76. The molecule has 124 valence electrons. The van der Waals surface area contributed by atoms with Crippen LogP contribution in [-0.2, 0) is 4.74 Å². The normalized spacial score (nSPS) is 15.0. The van der Waals surface area contributed by atoms with E-state index >= 15 is 0 Å². The van der Waals surface area contributed by atoms with Crippen molar-refractivity contribution in [2.24, 2.45) is 0 Å². The van der Waals surface area contributed by atoms with E-state index in [4.69, 9.17) is 4.74 Å². The van der Waals surface area contributed by atoms with Crippen LogP contribution in [0.25, 0.3) is 11.3 Å². The highest BCUT2D eigenvalue weighted by Crippen LogP contribution is 2.19. The number of hydrogen-bond acceptors (Lipinski definition) is 5. The Bertz CT molecular complexity index is 603. The van der Waals surface area contributed by atoms with Crippen LogP contribution < -0.4 is 17.7 Å². The molecule has 0 radical (unpaired) electrons. The van der Waals surface area contributed by atoms with Crippen LogP contribution in [0.5, 0.6) is 0 Å². The van der Waals surface area contributed by atoms with Gasteiger partial charge in [-0.1, -0.05) is 30.3 Å². The maximum Gasteiger partial charge on any atom is 0.151 e. The van der Waals surface area contributed by atoms with Gasteiger partial charge in [-0.05, 0) is 18.6 Å². The molecule has 0 spiro atoms. The van der Waals surface area contributed by atoms with Gasteiger partial charge in [0.2, 0.25) is 0 Å². The van der Waals surface area contributed by atoms with E-state index in [0.717, 1.165) is 62.0 Å². The lowest BCUT2D eigenvalue weighted by Crippen LogP contribution is -3.00. The van der Waals surface area contributed by atoms with Crippen LogP contribution in [0.1, 0.15) is 5.56 Å². The lowest BCUT2D eigenvalue weighted by atomic mass is 10.1. The molecule has 0 amide bonds. The third-order valence-corrected chi connectivity index (χ3v) is 3.88. The summed E-state index contributed by atoms with van der Waals surface area (Å²) in [7, 11) is 0. The summed E-state index contributed by atoms with van der Waals surface area (Å²) in [5, 5.41) is 12.0. The molecule has 1 aliphatic heterocycles. The molecule has 1 aliphatic rings. The molecule has 0 unspecified atom stereocenters. The molecule has 0 aliphatic carbocycles. The standard InChI is InChI=1S/C17H22N4O.ClH/c1-14-13-16(15-5-3-2-4-6-15)19-20-17(14)18-7-8-21-9-11-22-12-10-21;/h2-6,13H,7-12H2,1H3,(H,18,20);1H/p-1. The Hall–Kier alpha value is -1.69. The zero-order chi connectivity index (χ0) is 15.2. The Labute approximate surface area is 143 Å². The third kappa shape index (κ3) is 4.89. The second-order valence-electron chi connectivity index (χ2n) is 5.51. The number of hydrogen-bond donors (Lipinski definition) is 1. The van der Waals surface area contributed by atoms with E-state index in [2.05, 4.69) is 45.5 Å². The number of nitrogens with zero attached hydrogens (tertiary/aromatic N) is 3. The van der Waals surface area contributed by atoms with Crippen LogP contribution in [0.15, 0.2) is 36.4 Å². The van der Waals surface area contributed by atoms with Gasteiger partial charge >= 0.3 is 0 Å². The van der Waals surface area contributed by atoms with Gasteiger partial charge in [-0.3, -0.25) is 4.90 Å². The number of halogens is 1. The summed E-state index contributed by atoms with van der Waals surface area (Å²) in [6, 6.07) is 12.2. The van der Waals surface area contributed by atoms with Gasteiger partial charge < -0.3 is 22.5 Å². The monoisotopic (exact) mass is 333 g/mol. The summed E-state index contributed by atoms with van der Waals surface area (Å²) in [6.45, 7) is 7.65. The number of anilines is 1. The minimum absolute atomic E-state index is 0. The van der Waals surface area contributed by atoms with Crippen molar-refractivity contribution in [3.05, 3.63) is 42.0 Å². The topological polar surface area (TPSA) is 50.3 Å². The van der Waals surface area contributed by atoms with Crippen LogP contribution in [0.3, 0.4) is 0 Å². The number of rotatable bonds is 5. The van der Waals surface area contributed by atoms with Crippen molar-refractivity contribution < 1.29 is 17.1 Å². The molecule has 1 N–H and O–H groups in total. The Morgan fingerprint density at radius 3 is 2.57 bits per heavy atom. The zero-order valence-electron chi connectivity index (χ0n) is 13.3. The van der Waals surface area contributed by atoms with E-state index in [-0.39, 0.29) is 12.4 Å². The highest BCUT2D eigenvalue weighted by molar-refractivity contribution is 5.61. The molecule has 5 nitrogen and oxygen atoms in total. The quantitative estimate of drug-likeness (QED) is 0.776. The van der Waals surface area contributed by atoms with Crippen LogP contribution >= 0.6 is 0 Å². The van der Waals surface area contributed by atoms with Crippen molar-refractivity contribution >= 4 is 5.82 Å². The second kappa shape index (κ2) is 8.82. The van der Waals surface area contributed by atoms with Gasteiger partial charge in [0.25, 0.3) is 0 Å². The first-order valence-corrected chi connectivity index (χ1v) is 7.76. The number of ether oxygens (including phenoxy) is 1. The van der Waals surface area contributed by atoms with E-state index in [1.165, 1.54) is 0 Å². The predicted octanol–water partition coefficient (Wildman–Crippen LogP) is -0.800. The number of morpholine rings is 1. The largest absolute Gasteiger partial charge is 1.00 e. The van der Waals surface area contributed by atoms with Gasteiger partial charge in [0.15, 0.2) is 5.82 Å². The molecule has 2 heterocycles. The highest BCUT2D eigenvalue weighted by atomic mass is 35.5. The smallest absolute Gasteiger partial charge is 0.151 e. The maximum atomic E-state index is 5.35. The van der Waals surface area contributed by atoms with E-state index < -0.39 is 0 Å². The summed E-state index contributed by atoms with van der Waals surface area (Å²) in [6.07, 6.45) is 0. The first-order chi connectivity index (χ1) is 10.8. The minimum atomic E-state index is 0. The Balaban J connectivity index is 0.00000192. The summed E-state index contributed by atoms with van der Waals surface area (Å²) in [5.74, 6) is 0.868. The van der Waals surface area contributed by atoms with Crippen molar-refractivity contribution in [2.45, 2.75) is 6.92 Å². The second-order valence-corrected chi connectivity index (χ2v) is 5.51. The van der Waals surface area contributed by atoms with Gasteiger partial charge in [-0.2, -0.15) is 0 Å². The van der Waals surface area contributed by atoms with Gasteiger partial charge in [0.05, 0.1) is 18.9 Å². The lowest BCUT2D eigenvalue weighted by Gasteiger charge is -2.26. The number of aryl methyl sites for hydroxylation is 1. The van der Waals surface area contributed by atoms with E-state index in [1.807, 2.05) is 18.2 Å². The Morgan fingerprint density at radius 1 is 1.13 bits per heavy atom. The highest BCUT2D eigenvalue weighted by Gasteiger charge is 2.10. The average Bonchev–Trinajstić information content (AvgIpc) is 2.58. The van der Waals surface area contributed by atoms with Crippen molar-refractivity contribution in [3.8, 4) is 11.3 Å². The van der Waals surface area contributed by atoms with Gasteiger partial charge in [0.1, 0.15) is 0 Å². The number of aromatic nitrogens is 2. The Morgan fingerprint density at radius 2 is 1.87 bits per heavy atom. The van der Waals surface area contributed by atoms with Crippen LogP contribution in [0.4, 0.5) is 5.82 Å². The zero-order valence-corrected chi connectivity index (χ0v) is 14.1. The summed E-state index contributed by atoms with van der Waals surface area (Å²) in [4.78, 5) is 2.40. The molecule has 23 heavy (non-hydrogen) atoms. The fourth-order valence-electron chi connectivity index (χ4n) is 2.57. The van der Waals surface area contributed by atoms with Gasteiger partial charge in [-0.25, -0.2) is 0 Å². The SMILES string of the molecule is Cc1cc(-c2ccccc2)nnc1NCCN1CCOCC1.[Cl-]. The molecule has 2 aromatic rings. The molecule has 1 aromatic carbocycles. The summed E-state index contributed by atoms with van der Waals surface area (Å²) >= 11 is 0. The van der Waals surface area contributed by atoms with E-state index in [0.29, 0.717) is 0 Å². The molecule has 6 heteroatoms. The molecule has 1 aromatic heterocycles. The van der Waals surface area contributed by atoms with Crippen molar-refractivity contribution in [1.82, 2.24) is 15.1 Å². The number of nitrogens with one attached hydrogen (secondary N) is 1. The predicted molar refractivity (Wildman–Crippen MR) is 88.0 cm³/mol. The molecular weight excluding hydrogens is 312 g/mol. The summed E-state index contributed by atoms with van der Waals surface area (Å²) in [5.41, 5.74) is 3.13. The van der Waals surface area contributed by atoms with Crippen molar-refractivity contribution in [2.75, 3.05) is 44.7 Å². The maximum absolute atomic E-state index is 5.35. The molecule has 1 fully saturated rings. The van der Waals surface area contributed by atoms with Crippen molar-refractivity contribution in [3.63, 3.8) is 0 Å². The molecule has 0 atom stereocenters. The first kappa shape index (κ1) is 17.7. The number of benzene rings is 1. The fraction of sp³-hybridized carbons (Fsp3) is 0.412. The summed E-state index contributed by atoms with van der Waals surface area (Å²) < 4.78 is 5.35. The van der Waals surface area contributed by atoms with Crippen LogP contribution in [-0.4, -0.2) is 54.5 Å². The molecule has 1 saturated heterocycles. The van der Waals surface area contributed by atoms with Crippen molar-refractivity contribution in [1.29, 1.82) is 0 Å². The lowest BCUT2D eigenvalue weighted by molar-refractivity contribution is -0.00000612. The minimum Gasteiger partial charge on any atom is -1.00 e. The van der Waals surface area contributed by atoms with Crippen LogP contribution in [0, 0.1) is 6.92 Å². The van der Waals surface area contributed by atoms with Gasteiger partial charge in [0, 0.05) is 31.7 Å². The molecular formula is C17H22ClN4O-. The third-order valence-electron chi connectivity index (χ3n) is 3.88. The molecule has 0 bridgehead atoms. The molecule has 0 saturated carbocycles. The average molecular weight is 334 g/mol. The van der Waals surface area contributed by atoms with Crippen LogP contribution in [0.2, 0.25) is 0 Å². The van der Waals surface area contributed by atoms with E-state index in [1.54, 1.807) is 0 Å². The Kier molecular flexibility index (Phi) is 6.77. The van der Waals surface area contributed by atoms with E-state index in [9.17, 15) is 0 Å².